The van der Waals surface area contributed by atoms with Crippen LogP contribution in [0, 0.1) is 0 Å². The molecular weight excluding hydrogens is 324 g/mol. The van der Waals surface area contributed by atoms with Crippen LogP contribution in [0.1, 0.15) is 50.2 Å². The molecule has 0 atom stereocenters. The Labute approximate surface area is 150 Å². The predicted molar refractivity (Wildman–Crippen MR) is 101 cm³/mol. The number of thiazole rings is 1. The third-order valence-corrected chi connectivity index (χ3v) is 4.47. The first-order chi connectivity index (χ1) is 11.7. The molecule has 0 spiro atoms. The summed E-state index contributed by atoms with van der Waals surface area (Å²) in [7, 11) is 1.76. The van der Waals surface area contributed by atoms with Crippen molar-refractivity contribution in [1.29, 1.82) is 0 Å². The lowest BCUT2D eigenvalue weighted by Gasteiger charge is -2.11. The van der Waals surface area contributed by atoms with Gasteiger partial charge in [-0.3, -0.25) is 4.99 Å². The summed E-state index contributed by atoms with van der Waals surface area (Å²) in [5, 5.41) is 9.76. The minimum Gasteiger partial charge on any atom is -0.379 e. The summed E-state index contributed by atoms with van der Waals surface area (Å²) in [5.74, 6) is 1.24. The third-order valence-electron chi connectivity index (χ3n) is 3.28. The second kappa shape index (κ2) is 13.1. The molecule has 138 valence electrons. The van der Waals surface area contributed by atoms with Crippen LogP contribution >= 0.6 is 11.3 Å². The van der Waals surface area contributed by atoms with Crippen LogP contribution in [0.4, 0.5) is 0 Å². The highest BCUT2D eigenvalue weighted by Gasteiger charge is 2.06. The van der Waals surface area contributed by atoms with E-state index in [4.69, 9.17) is 9.47 Å². The van der Waals surface area contributed by atoms with E-state index >= 15 is 0 Å². The molecule has 0 aliphatic heterocycles. The zero-order chi connectivity index (χ0) is 17.6. The van der Waals surface area contributed by atoms with Gasteiger partial charge in [0.05, 0.1) is 37.1 Å². The number of hydrogen-bond donors (Lipinski definition) is 2. The number of aliphatic imine (C=N–C) groups is 1. The van der Waals surface area contributed by atoms with E-state index in [1.165, 1.54) is 5.01 Å². The minimum atomic E-state index is 0.476. The van der Waals surface area contributed by atoms with E-state index in [-0.39, 0.29) is 0 Å². The van der Waals surface area contributed by atoms with E-state index < -0.39 is 0 Å². The second-order valence-electron chi connectivity index (χ2n) is 5.76. The van der Waals surface area contributed by atoms with Crippen LogP contribution in [0.3, 0.4) is 0 Å². The Morgan fingerprint density at radius 3 is 2.58 bits per heavy atom. The Balaban J connectivity index is 2.08. The van der Waals surface area contributed by atoms with Gasteiger partial charge in [0.1, 0.15) is 0 Å². The van der Waals surface area contributed by atoms with Gasteiger partial charge in [-0.2, -0.15) is 0 Å². The monoisotopic (exact) mass is 356 g/mol. The van der Waals surface area contributed by atoms with Gasteiger partial charge in [0, 0.05) is 31.5 Å². The average Bonchev–Trinajstić information content (AvgIpc) is 3.05. The Kier molecular flexibility index (Phi) is 11.4. The van der Waals surface area contributed by atoms with Gasteiger partial charge < -0.3 is 20.1 Å². The maximum atomic E-state index is 5.52. The topological polar surface area (TPSA) is 67.8 Å². The molecule has 2 N–H and O–H groups in total. The smallest absolute Gasteiger partial charge is 0.191 e. The van der Waals surface area contributed by atoms with Crippen molar-refractivity contribution in [3.8, 4) is 0 Å². The van der Waals surface area contributed by atoms with Crippen LogP contribution in [0.2, 0.25) is 0 Å². The van der Waals surface area contributed by atoms with Crippen molar-refractivity contribution >= 4 is 17.3 Å². The molecule has 1 aromatic heterocycles. The van der Waals surface area contributed by atoms with Gasteiger partial charge >= 0.3 is 0 Å². The molecule has 0 aromatic carbocycles. The zero-order valence-electron chi connectivity index (χ0n) is 15.4. The normalized spacial score (nSPS) is 12.0. The van der Waals surface area contributed by atoms with Crippen molar-refractivity contribution in [2.75, 3.05) is 40.0 Å². The molecule has 0 aliphatic carbocycles. The molecule has 7 heteroatoms. The van der Waals surface area contributed by atoms with Crippen molar-refractivity contribution in [3.05, 3.63) is 16.1 Å². The second-order valence-corrected chi connectivity index (χ2v) is 6.65. The van der Waals surface area contributed by atoms with Crippen LogP contribution in [-0.2, 0) is 16.0 Å². The van der Waals surface area contributed by atoms with Gasteiger partial charge in [-0.15, -0.1) is 11.3 Å². The van der Waals surface area contributed by atoms with Crippen molar-refractivity contribution < 1.29 is 9.47 Å². The number of unbranched alkanes of at least 4 members (excludes halogenated alkanes) is 1. The molecule has 1 heterocycles. The molecule has 1 rings (SSSR count). The van der Waals surface area contributed by atoms with Crippen molar-refractivity contribution in [2.45, 2.75) is 46.1 Å². The first kappa shape index (κ1) is 20.9. The van der Waals surface area contributed by atoms with E-state index in [0.717, 1.165) is 31.1 Å². The predicted octanol–water partition coefficient (Wildman–Crippen LogP) is 2.76. The van der Waals surface area contributed by atoms with E-state index in [1.54, 1.807) is 18.4 Å². The van der Waals surface area contributed by atoms with Gasteiger partial charge in [-0.25, -0.2) is 4.98 Å². The fourth-order valence-electron chi connectivity index (χ4n) is 1.87. The lowest BCUT2D eigenvalue weighted by atomic mass is 10.2. The largest absolute Gasteiger partial charge is 0.379 e. The Bertz CT molecular complexity index is 463. The Morgan fingerprint density at radius 1 is 1.21 bits per heavy atom. The number of guanidine groups is 1. The molecule has 1 aromatic rings. The molecule has 0 radical (unpaired) electrons. The Hall–Kier alpha value is -1.18. The molecule has 0 saturated heterocycles. The first-order valence-electron chi connectivity index (χ1n) is 8.71. The summed E-state index contributed by atoms with van der Waals surface area (Å²) >= 11 is 1.71. The molecule has 0 aliphatic rings. The number of rotatable bonds is 12. The summed E-state index contributed by atoms with van der Waals surface area (Å²) in [5.41, 5.74) is 1.05. The van der Waals surface area contributed by atoms with E-state index in [1.807, 2.05) is 0 Å². The molecule has 0 amide bonds. The molecule has 0 fully saturated rings. The molecule has 0 bridgehead atoms. The lowest BCUT2D eigenvalue weighted by Crippen LogP contribution is -2.38. The quantitative estimate of drug-likeness (QED) is 0.342. The Morgan fingerprint density at radius 2 is 1.96 bits per heavy atom. The van der Waals surface area contributed by atoms with Crippen LogP contribution in [0.25, 0.3) is 0 Å². The zero-order valence-corrected chi connectivity index (χ0v) is 16.2. The van der Waals surface area contributed by atoms with Gasteiger partial charge in [0.25, 0.3) is 0 Å². The maximum Gasteiger partial charge on any atom is 0.191 e. The summed E-state index contributed by atoms with van der Waals surface area (Å²) in [6.07, 6.45) is 2.28. The molecular formula is C17H32N4O2S. The van der Waals surface area contributed by atoms with Crippen LogP contribution in [-0.4, -0.2) is 51.0 Å². The molecule has 0 saturated carbocycles. The SMILES string of the molecule is CCCCOCCOCCNC(=NC)NCc1csc(C(C)C)n1. The van der Waals surface area contributed by atoms with Gasteiger partial charge in [-0.05, 0) is 6.42 Å². The standard InChI is InChI=1S/C17H32N4O2S/c1-5-6-8-22-10-11-23-9-7-19-17(18-4)20-12-15-13-24-16(21-15)14(2)3/h13-14H,5-12H2,1-4H3,(H2,18,19,20). The van der Waals surface area contributed by atoms with Gasteiger partial charge in [0.15, 0.2) is 5.96 Å². The average molecular weight is 357 g/mol. The fraction of sp³-hybridized carbons (Fsp3) is 0.765. The summed E-state index contributed by atoms with van der Waals surface area (Å²) < 4.78 is 11.0. The van der Waals surface area contributed by atoms with Gasteiger partial charge in [0.2, 0.25) is 0 Å². The van der Waals surface area contributed by atoms with Gasteiger partial charge in [-0.1, -0.05) is 27.2 Å². The van der Waals surface area contributed by atoms with Crippen molar-refractivity contribution in [3.63, 3.8) is 0 Å². The summed E-state index contributed by atoms with van der Waals surface area (Å²) in [6, 6.07) is 0. The molecule has 0 unspecified atom stereocenters. The number of hydrogen-bond acceptors (Lipinski definition) is 5. The minimum absolute atomic E-state index is 0.476. The number of nitrogens with zero attached hydrogens (tertiary/aromatic N) is 2. The van der Waals surface area contributed by atoms with Crippen LogP contribution in [0.15, 0.2) is 10.4 Å². The highest BCUT2D eigenvalue weighted by Crippen LogP contribution is 2.18. The highest BCUT2D eigenvalue weighted by molar-refractivity contribution is 7.09. The number of nitrogens with one attached hydrogen (secondary N) is 2. The van der Waals surface area contributed by atoms with E-state index in [0.29, 0.717) is 38.8 Å². The third kappa shape index (κ3) is 9.20. The van der Waals surface area contributed by atoms with Crippen molar-refractivity contribution in [2.24, 2.45) is 4.99 Å². The summed E-state index contributed by atoms with van der Waals surface area (Å²) in [6.45, 7) is 10.6. The lowest BCUT2D eigenvalue weighted by molar-refractivity contribution is 0.0487. The fourth-order valence-corrected chi connectivity index (χ4v) is 2.71. The van der Waals surface area contributed by atoms with Crippen LogP contribution in [0.5, 0.6) is 0 Å². The number of aromatic nitrogens is 1. The van der Waals surface area contributed by atoms with Crippen LogP contribution < -0.4 is 10.6 Å². The van der Waals surface area contributed by atoms with E-state index in [9.17, 15) is 0 Å². The summed E-state index contributed by atoms with van der Waals surface area (Å²) in [4.78, 5) is 8.80. The molecule has 24 heavy (non-hydrogen) atoms. The maximum absolute atomic E-state index is 5.52. The highest BCUT2D eigenvalue weighted by atomic mass is 32.1. The first-order valence-corrected chi connectivity index (χ1v) is 9.59. The molecule has 6 nitrogen and oxygen atoms in total. The number of ether oxygens (including phenoxy) is 2. The van der Waals surface area contributed by atoms with E-state index in [2.05, 4.69) is 46.8 Å². The van der Waals surface area contributed by atoms with Crippen molar-refractivity contribution in [1.82, 2.24) is 15.6 Å².